The first-order valence-electron chi connectivity index (χ1n) is 8.51. The average Bonchev–Trinajstić information content (AvgIpc) is 2.55. The van der Waals surface area contributed by atoms with E-state index in [1.807, 2.05) is 0 Å². The van der Waals surface area contributed by atoms with Crippen molar-refractivity contribution in [1.29, 1.82) is 0 Å². The summed E-state index contributed by atoms with van der Waals surface area (Å²) in [5, 5.41) is 5.89. The highest BCUT2D eigenvalue weighted by Crippen LogP contribution is 2.39. The van der Waals surface area contributed by atoms with E-state index in [2.05, 4.69) is 38.3 Å². The Kier molecular flexibility index (Phi) is 7.74. The fourth-order valence-corrected chi connectivity index (χ4v) is 3.98. The molecule has 1 aromatic carbocycles. The van der Waals surface area contributed by atoms with E-state index < -0.39 is 9.84 Å². The molecule has 148 valence electrons. The Bertz CT molecular complexity index is 721. The first kappa shape index (κ1) is 22.1. The minimum absolute atomic E-state index is 0.0311. The van der Waals surface area contributed by atoms with E-state index in [0.717, 1.165) is 6.26 Å². The van der Waals surface area contributed by atoms with E-state index in [4.69, 9.17) is 9.47 Å². The highest BCUT2D eigenvalue weighted by molar-refractivity contribution is 7.91. The number of methoxy groups -OCH3 is 2. The van der Waals surface area contributed by atoms with Gasteiger partial charge in [0, 0.05) is 12.3 Å². The Balaban J connectivity index is 3.06. The van der Waals surface area contributed by atoms with Gasteiger partial charge in [-0.3, -0.25) is 4.79 Å². The number of rotatable bonds is 9. The van der Waals surface area contributed by atoms with E-state index in [1.165, 1.54) is 14.2 Å². The third-order valence-corrected chi connectivity index (χ3v) is 5.22. The maximum atomic E-state index is 12.3. The number of ether oxygens (including phenoxy) is 2. The van der Waals surface area contributed by atoms with Crippen LogP contribution in [0.5, 0.6) is 11.5 Å². The average molecular weight is 387 g/mol. The smallest absolute Gasteiger partial charge is 0.239 e. The maximum absolute atomic E-state index is 12.3. The molecule has 0 aliphatic carbocycles. The number of benzene rings is 1. The van der Waals surface area contributed by atoms with Crippen LogP contribution in [0.25, 0.3) is 0 Å². The number of carbonyl (C=O) groups is 1. The second-order valence-electron chi connectivity index (χ2n) is 6.88. The summed E-state index contributed by atoms with van der Waals surface area (Å²) in [6.45, 7) is 8.15. The van der Waals surface area contributed by atoms with Crippen LogP contribution in [0.4, 0.5) is 5.69 Å². The molecule has 1 aromatic rings. The predicted octanol–water partition coefficient (Wildman–Crippen LogP) is 2.32. The third-order valence-electron chi connectivity index (χ3n) is 4.07. The van der Waals surface area contributed by atoms with Gasteiger partial charge in [-0.2, -0.15) is 0 Å². The Hall–Kier alpha value is -1.96. The lowest BCUT2D eigenvalue weighted by atomic mass is 9.93. The SMILES string of the molecule is COc1ccc(NCC(=O)NC(C(C)C)C(C)C)c(S(C)(=O)=O)c1OC. The van der Waals surface area contributed by atoms with Crippen LogP contribution in [-0.4, -0.2) is 47.4 Å². The molecule has 7 nitrogen and oxygen atoms in total. The molecule has 0 unspecified atom stereocenters. The Morgan fingerprint density at radius 2 is 1.65 bits per heavy atom. The molecule has 0 heterocycles. The van der Waals surface area contributed by atoms with Gasteiger partial charge in [-0.1, -0.05) is 27.7 Å². The number of hydrogen-bond donors (Lipinski definition) is 2. The van der Waals surface area contributed by atoms with Crippen molar-refractivity contribution in [1.82, 2.24) is 5.32 Å². The highest BCUT2D eigenvalue weighted by Gasteiger charge is 2.24. The standard InChI is InChI=1S/C18H30N2O5S/c1-11(2)16(12(3)4)20-15(21)10-19-13-8-9-14(24-5)17(25-6)18(13)26(7,22)23/h8-9,11-12,16,19H,10H2,1-7H3,(H,20,21). The van der Waals surface area contributed by atoms with Crippen LogP contribution in [0.15, 0.2) is 17.0 Å². The fourth-order valence-electron chi connectivity index (χ4n) is 2.92. The van der Waals surface area contributed by atoms with Crippen molar-refractivity contribution in [2.75, 3.05) is 32.3 Å². The summed E-state index contributed by atoms with van der Waals surface area (Å²) in [6, 6.07) is 3.20. The van der Waals surface area contributed by atoms with Gasteiger partial charge in [-0.25, -0.2) is 8.42 Å². The molecule has 8 heteroatoms. The summed E-state index contributed by atoms with van der Waals surface area (Å²) in [5.74, 6) is 0.815. The molecular weight excluding hydrogens is 356 g/mol. The molecule has 0 aliphatic rings. The van der Waals surface area contributed by atoms with Crippen molar-refractivity contribution in [3.05, 3.63) is 12.1 Å². The summed E-state index contributed by atoms with van der Waals surface area (Å²) in [6.07, 6.45) is 1.09. The minimum Gasteiger partial charge on any atom is -0.493 e. The van der Waals surface area contributed by atoms with E-state index in [1.54, 1.807) is 12.1 Å². The van der Waals surface area contributed by atoms with Crippen molar-refractivity contribution in [3.63, 3.8) is 0 Å². The van der Waals surface area contributed by atoms with Gasteiger partial charge in [-0.15, -0.1) is 0 Å². The van der Waals surface area contributed by atoms with Crippen LogP contribution in [-0.2, 0) is 14.6 Å². The Morgan fingerprint density at radius 1 is 1.08 bits per heavy atom. The summed E-state index contributed by atoms with van der Waals surface area (Å²) in [5.41, 5.74) is 0.297. The molecule has 0 fully saturated rings. The maximum Gasteiger partial charge on any atom is 0.239 e. The topological polar surface area (TPSA) is 93.7 Å². The van der Waals surface area contributed by atoms with Crippen LogP contribution in [0, 0.1) is 11.8 Å². The lowest BCUT2D eigenvalue weighted by molar-refractivity contribution is -0.120. The normalized spacial score (nSPS) is 11.8. The van der Waals surface area contributed by atoms with E-state index in [-0.39, 0.29) is 29.1 Å². The molecule has 0 aromatic heterocycles. The van der Waals surface area contributed by atoms with Gasteiger partial charge < -0.3 is 20.1 Å². The molecule has 0 saturated heterocycles. The first-order chi connectivity index (χ1) is 12.0. The van der Waals surface area contributed by atoms with Gasteiger partial charge in [0.2, 0.25) is 5.91 Å². The zero-order valence-electron chi connectivity index (χ0n) is 16.5. The van der Waals surface area contributed by atoms with Crippen molar-refractivity contribution in [2.24, 2.45) is 11.8 Å². The number of amides is 1. The van der Waals surface area contributed by atoms with Crippen molar-refractivity contribution < 1.29 is 22.7 Å². The molecule has 2 N–H and O–H groups in total. The summed E-state index contributed by atoms with van der Waals surface area (Å²) >= 11 is 0. The lowest BCUT2D eigenvalue weighted by Gasteiger charge is -2.26. The van der Waals surface area contributed by atoms with Gasteiger partial charge in [0.25, 0.3) is 0 Å². The van der Waals surface area contributed by atoms with E-state index >= 15 is 0 Å². The van der Waals surface area contributed by atoms with Gasteiger partial charge in [0.1, 0.15) is 4.90 Å². The number of anilines is 1. The van der Waals surface area contributed by atoms with E-state index in [0.29, 0.717) is 23.3 Å². The zero-order chi connectivity index (χ0) is 20.1. The number of carbonyl (C=O) groups excluding carboxylic acids is 1. The van der Waals surface area contributed by atoms with Gasteiger partial charge >= 0.3 is 0 Å². The van der Waals surface area contributed by atoms with Crippen molar-refractivity contribution in [2.45, 2.75) is 38.6 Å². The summed E-state index contributed by atoms with van der Waals surface area (Å²) in [7, 11) is -0.799. The van der Waals surface area contributed by atoms with Crippen LogP contribution in [0.1, 0.15) is 27.7 Å². The van der Waals surface area contributed by atoms with Gasteiger partial charge in [0.15, 0.2) is 21.3 Å². The minimum atomic E-state index is -3.61. The molecule has 0 bridgehead atoms. The van der Waals surface area contributed by atoms with Gasteiger partial charge in [-0.05, 0) is 24.0 Å². The second kappa shape index (κ2) is 9.12. The summed E-state index contributed by atoms with van der Waals surface area (Å²) < 4.78 is 34.8. The molecule has 0 spiro atoms. The molecule has 0 aliphatic heterocycles. The van der Waals surface area contributed by atoms with Crippen LogP contribution in [0.3, 0.4) is 0 Å². The van der Waals surface area contributed by atoms with Crippen LogP contribution >= 0.6 is 0 Å². The highest BCUT2D eigenvalue weighted by atomic mass is 32.2. The molecule has 0 atom stereocenters. The monoisotopic (exact) mass is 386 g/mol. The molecule has 1 amide bonds. The number of sulfone groups is 1. The fraction of sp³-hybridized carbons (Fsp3) is 0.611. The molecule has 1 rings (SSSR count). The van der Waals surface area contributed by atoms with Crippen LogP contribution < -0.4 is 20.1 Å². The predicted molar refractivity (Wildman–Crippen MR) is 103 cm³/mol. The van der Waals surface area contributed by atoms with E-state index in [9.17, 15) is 13.2 Å². The zero-order valence-corrected chi connectivity index (χ0v) is 17.4. The molecule has 0 saturated carbocycles. The van der Waals surface area contributed by atoms with Crippen LogP contribution in [0.2, 0.25) is 0 Å². The largest absolute Gasteiger partial charge is 0.493 e. The lowest BCUT2D eigenvalue weighted by Crippen LogP contribution is -2.44. The Labute approximate surface area is 156 Å². The van der Waals surface area contributed by atoms with Crippen molar-refractivity contribution in [3.8, 4) is 11.5 Å². The summed E-state index contributed by atoms with van der Waals surface area (Å²) in [4.78, 5) is 12.3. The molecule has 0 radical (unpaired) electrons. The Morgan fingerprint density at radius 3 is 2.08 bits per heavy atom. The molecular formula is C18H30N2O5S. The van der Waals surface area contributed by atoms with Crippen molar-refractivity contribution >= 4 is 21.4 Å². The number of nitrogens with one attached hydrogen (secondary N) is 2. The third kappa shape index (κ3) is 5.52. The quantitative estimate of drug-likeness (QED) is 0.676. The molecule has 26 heavy (non-hydrogen) atoms. The van der Waals surface area contributed by atoms with Gasteiger partial charge in [0.05, 0.1) is 26.5 Å². The number of hydrogen-bond acceptors (Lipinski definition) is 6. The first-order valence-corrected chi connectivity index (χ1v) is 10.4. The second-order valence-corrected chi connectivity index (χ2v) is 8.84.